The standard InChI is InChI=1S/C19H29N3OS.C5H12O/c1-18(2,3)24-21-17(16-8-6-7-11-20-16)10-9-15-12-19(4,5)22(13-15)14-23;1-5(2,3)6-4/h6-8,11,14-15H,9-10,12-13H2,1-5H3;1-4H3/b21-17+;/t15-;/m0./s1. The SMILES string of the molecule is CC(C)(C)S/N=C(\CC[C@@H]1CN(C=O)C(C)(C)C1)c1ccccn1.COC(C)(C)C. The van der Waals surface area contributed by atoms with Crippen LogP contribution in [-0.2, 0) is 9.53 Å². The Morgan fingerprint density at radius 2 is 1.93 bits per heavy atom. The van der Waals surface area contributed by atoms with Crippen molar-refractivity contribution in [2.45, 2.75) is 90.5 Å². The molecule has 1 aromatic rings. The summed E-state index contributed by atoms with van der Waals surface area (Å²) in [5.41, 5.74) is 2.02. The van der Waals surface area contributed by atoms with E-state index in [-0.39, 0.29) is 15.9 Å². The van der Waals surface area contributed by atoms with Crippen LogP contribution in [0.1, 0.15) is 80.3 Å². The van der Waals surface area contributed by atoms with Gasteiger partial charge >= 0.3 is 0 Å². The summed E-state index contributed by atoms with van der Waals surface area (Å²) in [6.45, 7) is 17.7. The number of amides is 1. The van der Waals surface area contributed by atoms with E-state index in [4.69, 9.17) is 9.13 Å². The summed E-state index contributed by atoms with van der Waals surface area (Å²) in [6, 6.07) is 5.96. The minimum atomic E-state index is -0.0329. The summed E-state index contributed by atoms with van der Waals surface area (Å²) in [4.78, 5) is 17.6. The van der Waals surface area contributed by atoms with Gasteiger partial charge in [0, 0.05) is 30.1 Å². The molecule has 6 heteroatoms. The van der Waals surface area contributed by atoms with Gasteiger partial charge in [0.1, 0.15) is 0 Å². The number of likely N-dealkylation sites (tertiary alicyclic amines) is 1. The molecule has 1 atom stereocenters. The van der Waals surface area contributed by atoms with Gasteiger partial charge in [0.05, 0.1) is 17.0 Å². The molecule has 0 radical (unpaired) electrons. The lowest BCUT2D eigenvalue weighted by Gasteiger charge is -2.27. The van der Waals surface area contributed by atoms with E-state index in [0.717, 1.165) is 43.6 Å². The molecular weight excluding hydrogens is 394 g/mol. The number of ether oxygens (including phenoxy) is 1. The van der Waals surface area contributed by atoms with E-state index in [2.05, 4.69) is 39.6 Å². The van der Waals surface area contributed by atoms with Gasteiger partial charge in [-0.15, -0.1) is 0 Å². The van der Waals surface area contributed by atoms with Crippen molar-refractivity contribution in [2.75, 3.05) is 13.7 Å². The zero-order valence-electron chi connectivity index (χ0n) is 20.4. The van der Waals surface area contributed by atoms with Crippen molar-refractivity contribution in [3.63, 3.8) is 0 Å². The summed E-state index contributed by atoms with van der Waals surface area (Å²) >= 11 is 1.61. The normalized spacial score (nSPS) is 19.3. The van der Waals surface area contributed by atoms with E-state index >= 15 is 0 Å². The molecule has 1 fully saturated rings. The third kappa shape index (κ3) is 10.1. The molecule has 1 amide bonds. The van der Waals surface area contributed by atoms with Gasteiger partial charge in [0.15, 0.2) is 0 Å². The van der Waals surface area contributed by atoms with E-state index in [1.807, 2.05) is 50.1 Å². The highest BCUT2D eigenvalue weighted by molar-refractivity contribution is 7.99. The largest absolute Gasteiger partial charge is 0.379 e. The minimum Gasteiger partial charge on any atom is -0.379 e. The number of nitrogens with zero attached hydrogens (tertiary/aromatic N) is 3. The summed E-state index contributed by atoms with van der Waals surface area (Å²) in [7, 11) is 1.71. The Bertz CT molecular complexity index is 676. The summed E-state index contributed by atoms with van der Waals surface area (Å²) in [6.07, 6.45) is 5.79. The first-order chi connectivity index (χ1) is 13.8. The van der Waals surface area contributed by atoms with Crippen LogP contribution in [0.4, 0.5) is 0 Å². The molecule has 1 saturated heterocycles. The van der Waals surface area contributed by atoms with Gasteiger partial charge in [0.25, 0.3) is 0 Å². The third-order valence-electron chi connectivity index (χ3n) is 4.94. The maximum atomic E-state index is 11.2. The maximum absolute atomic E-state index is 11.2. The second-order valence-corrected chi connectivity index (χ2v) is 12.0. The number of hydrogen-bond donors (Lipinski definition) is 0. The molecule has 0 saturated carbocycles. The van der Waals surface area contributed by atoms with Crippen molar-refractivity contribution >= 4 is 24.1 Å². The topological polar surface area (TPSA) is 54.8 Å². The van der Waals surface area contributed by atoms with Crippen LogP contribution < -0.4 is 0 Å². The first-order valence-corrected chi connectivity index (χ1v) is 11.5. The van der Waals surface area contributed by atoms with Crippen LogP contribution in [0, 0.1) is 5.92 Å². The van der Waals surface area contributed by atoms with Gasteiger partial charge in [0.2, 0.25) is 6.41 Å². The summed E-state index contributed by atoms with van der Waals surface area (Å²) < 4.78 is 9.81. The fourth-order valence-corrected chi connectivity index (χ4v) is 3.65. The Hall–Kier alpha value is -1.40. The van der Waals surface area contributed by atoms with E-state index in [1.54, 1.807) is 19.1 Å². The van der Waals surface area contributed by atoms with Crippen molar-refractivity contribution in [1.29, 1.82) is 0 Å². The molecule has 170 valence electrons. The predicted octanol–water partition coefficient (Wildman–Crippen LogP) is 5.79. The maximum Gasteiger partial charge on any atom is 0.210 e. The average Bonchev–Trinajstić information content (AvgIpc) is 2.95. The molecule has 0 bridgehead atoms. The lowest BCUT2D eigenvalue weighted by Crippen LogP contribution is -2.36. The summed E-state index contributed by atoms with van der Waals surface area (Å²) in [5, 5.41) is 0. The van der Waals surface area contributed by atoms with Crippen LogP contribution in [0.2, 0.25) is 0 Å². The van der Waals surface area contributed by atoms with Gasteiger partial charge in [-0.05, 0) is 105 Å². The quantitative estimate of drug-likeness (QED) is 0.323. The molecule has 0 aliphatic carbocycles. The number of pyridine rings is 1. The van der Waals surface area contributed by atoms with E-state index in [0.29, 0.717) is 5.92 Å². The Balaban J connectivity index is 0.000000656. The van der Waals surface area contributed by atoms with E-state index < -0.39 is 0 Å². The van der Waals surface area contributed by atoms with Crippen LogP contribution in [0.5, 0.6) is 0 Å². The highest BCUT2D eigenvalue weighted by Crippen LogP contribution is 2.34. The Morgan fingerprint density at radius 1 is 1.30 bits per heavy atom. The number of rotatable bonds is 6. The molecule has 1 aliphatic heterocycles. The molecule has 0 aromatic carbocycles. The Labute approximate surface area is 188 Å². The average molecular weight is 436 g/mol. The van der Waals surface area contributed by atoms with Gasteiger partial charge < -0.3 is 9.64 Å². The van der Waals surface area contributed by atoms with Crippen molar-refractivity contribution in [1.82, 2.24) is 9.88 Å². The fourth-order valence-electron chi connectivity index (χ4n) is 3.08. The first kappa shape index (κ1) is 26.6. The molecule has 0 spiro atoms. The second kappa shape index (κ2) is 11.3. The molecule has 0 unspecified atom stereocenters. The predicted molar refractivity (Wildman–Crippen MR) is 129 cm³/mol. The number of hydrogen-bond acceptors (Lipinski definition) is 5. The highest BCUT2D eigenvalue weighted by Gasteiger charge is 2.37. The fraction of sp³-hybridized carbons (Fsp3) is 0.708. The molecule has 1 aliphatic rings. The van der Waals surface area contributed by atoms with Gasteiger partial charge in [-0.1, -0.05) is 6.07 Å². The van der Waals surface area contributed by atoms with Crippen molar-refractivity contribution in [3.8, 4) is 0 Å². The van der Waals surface area contributed by atoms with Crippen molar-refractivity contribution in [3.05, 3.63) is 30.1 Å². The van der Waals surface area contributed by atoms with Gasteiger partial charge in [-0.3, -0.25) is 9.78 Å². The zero-order valence-corrected chi connectivity index (χ0v) is 21.2. The van der Waals surface area contributed by atoms with E-state index in [9.17, 15) is 4.79 Å². The molecule has 2 rings (SSSR count). The summed E-state index contributed by atoms with van der Waals surface area (Å²) in [5.74, 6) is 0.527. The van der Waals surface area contributed by atoms with Crippen LogP contribution in [0.3, 0.4) is 0 Å². The lowest BCUT2D eigenvalue weighted by molar-refractivity contribution is -0.120. The Kier molecular flexibility index (Phi) is 10.0. The van der Waals surface area contributed by atoms with E-state index in [1.165, 1.54) is 0 Å². The number of aromatic nitrogens is 1. The van der Waals surface area contributed by atoms with Crippen LogP contribution in [-0.4, -0.2) is 51.5 Å². The molecule has 5 nitrogen and oxygen atoms in total. The van der Waals surface area contributed by atoms with Crippen molar-refractivity contribution in [2.24, 2.45) is 10.3 Å². The number of carbonyl (C=O) groups is 1. The van der Waals surface area contributed by atoms with Crippen LogP contribution in [0.15, 0.2) is 28.8 Å². The van der Waals surface area contributed by atoms with Crippen molar-refractivity contribution < 1.29 is 9.53 Å². The first-order valence-electron chi connectivity index (χ1n) is 10.7. The molecule has 1 aromatic heterocycles. The molecular formula is C24H41N3O2S. The minimum absolute atomic E-state index is 0.0329. The third-order valence-corrected chi connectivity index (χ3v) is 5.80. The van der Waals surface area contributed by atoms with Crippen LogP contribution >= 0.6 is 11.9 Å². The number of carbonyl (C=O) groups excluding carboxylic acids is 1. The monoisotopic (exact) mass is 435 g/mol. The zero-order chi connectivity index (χ0) is 23.0. The Morgan fingerprint density at radius 3 is 2.37 bits per heavy atom. The molecule has 30 heavy (non-hydrogen) atoms. The van der Waals surface area contributed by atoms with Gasteiger partial charge in [-0.25, -0.2) is 4.40 Å². The van der Waals surface area contributed by atoms with Gasteiger partial charge in [-0.2, -0.15) is 0 Å². The lowest BCUT2D eigenvalue weighted by atomic mass is 9.92. The molecule has 0 N–H and O–H groups in total. The smallest absolute Gasteiger partial charge is 0.210 e. The highest BCUT2D eigenvalue weighted by atomic mass is 32.2. The number of methoxy groups -OCH3 is 1. The van der Waals surface area contributed by atoms with Crippen LogP contribution in [0.25, 0.3) is 0 Å². The second-order valence-electron chi connectivity index (χ2n) is 10.5. The molecule has 2 heterocycles.